The molecule has 1 N–H and O–H groups in total. The zero-order chi connectivity index (χ0) is 13.9. The number of rotatable bonds is 4. The highest BCUT2D eigenvalue weighted by Crippen LogP contribution is 2.16. The molecule has 3 rings (SSSR count). The molecule has 2 aromatic carbocycles. The van der Waals surface area contributed by atoms with E-state index in [9.17, 15) is 0 Å². The van der Waals surface area contributed by atoms with Crippen LogP contribution in [-0.4, -0.2) is 16.2 Å². The van der Waals surface area contributed by atoms with Crippen molar-refractivity contribution >= 4 is 23.3 Å². The fraction of sp³-hybridized carbons (Fsp3) is 0.188. The lowest BCUT2D eigenvalue weighted by molar-refractivity contribution is 0.299. The van der Waals surface area contributed by atoms with Gasteiger partial charge in [0.2, 0.25) is 0 Å². The van der Waals surface area contributed by atoms with Crippen molar-refractivity contribution in [3.05, 3.63) is 58.9 Å². The summed E-state index contributed by atoms with van der Waals surface area (Å²) in [6.07, 6.45) is 0. The zero-order valence-electron chi connectivity index (χ0n) is 11.3. The summed E-state index contributed by atoms with van der Waals surface area (Å²) in [5, 5.41) is 0. The van der Waals surface area contributed by atoms with Crippen molar-refractivity contribution in [2.24, 2.45) is 0 Å². The summed E-state index contributed by atoms with van der Waals surface area (Å²) in [4.78, 5) is 3.23. The lowest BCUT2D eigenvalue weighted by atomic mass is 10.2. The number of nitrogens with zero attached hydrogens (tertiary/aromatic N) is 1. The second-order valence-electron chi connectivity index (χ2n) is 4.76. The molecule has 3 aromatic rings. The van der Waals surface area contributed by atoms with E-state index < -0.39 is 0 Å². The first kappa shape index (κ1) is 12.9. The van der Waals surface area contributed by atoms with Crippen molar-refractivity contribution < 1.29 is 4.74 Å². The molecule has 0 spiro atoms. The van der Waals surface area contributed by atoms with Gasteiger partial charge in [-0.1, -0.05) is 24.3 Å². The smallest absolute Gasteiger partial charge is 0.178 e. The number of H-pyrrole nitrogens is 1. The largest absolute Gasteiger partial charge is 0.492 e. The lowest BCUT2D eigenvalue weighted by Crippen LogP contribution is -2.08. The summed E-state index contributed by atoms with van der Waals surface area (Å²) in [6, 6.07) is 16.1. The molecule has 4 heteroatoms. The number of aryl methyl sites for hydroxylation is 1. The van der Waals surface area contributed by atoms with Gasteiger partial charge in [-0.05, 0) is 49.0 Å². The third-order valence-electron chi connectivity index (χ3n) is 3.26. The Hall–Kier alpha value is -2.07. The van der Waals surface area contributed by atoms with Gasteiger partial charge in [-0.25, -0.2) is 0 Å². The Balaban J connectivity index is 1.79. The van der Waals surface area contributed by atoms with Gasteiger partial charge in [0.1, 0.15) is 12.4 Å². The first-order chi connectivity index (χ1) is 9.74. The minimum Gasteiger partial charge on any atom is -0.492 e. The van der Waals surface area contributed by atoms with Gasteiger partial charge in [0.05, 0.1) is 17.6 Å². The molecule has 0 aliphatic carbocycles. The maximum absolute atomic E-state index is 5.73. The Morgan fingerprint density at radius 3 is 2.75 bits per heavy atom. The molecular weight excluding hydrogens is 268 g/mol. The van der Waals surface area contributed by atoms with Crippen LogP contribution in [0.25, 0.3) is 11.0 Å². The van der Waals surface area contributed by atoms with Crippen LogP contribution in [0.4, 0.5) is 0 Å². The van der Waals surface area contributed by atoms with Crippen LogP contribution in [0, 0.1) is 11.7 Å². The maximum atomic E-state index is 5.73. The van der Waals surface area contributed by atoms with Crippen LogP contribution in [0.3, 0.4) is 0 Å². The van der Waals surface area contributed by atoms with Crippen molar-refractivity contribution in [1.82, 2.24) is 9.55 Å². The van der Waals surface area contributed by atoms with Crippen LogP contribution in [0.5, 0.6) is 5.75 Å². The van der Waals surface area contributed by atoms with E-state index in [2.05, 4.69) is 34.7 Å². The number of nitrogens with one attached hydrogen (secondary N) is 1. The quantitative estimate of drug-likeness (QED) is 0.731. The number of imidazole rings is 1. The van der Waals surface area contributed by atoms with E-state index in [-0.39, 0.29) is 0 Å². The van der Waals surface area contributed by atoms with E-state index >= 15 is 0 Å². The van der Waals surface area contributed by atoms with Crippen LogP contribution in [0.1, 0.15) is 5.56 Å². The number of hydrogen-bond donors (Lipinski definition) is 1. The van der Waals surface area contributed by atoms with Gasteiger partial charge in [-0.3, -0.25) is 0 Å². The van der Waals surface area contributed by atoms with Gasteiger partial charge < -0.3 is 14.3 Å². The molecule has 3 nitrogen and oxygen atoms in total. The fourth-order valence-corrected chi connectivity index (χ4v) is 2.56. The highest BCUT2D eigenvalue weighted by atomic mass is 32.1. The highest BCUT2D eigenvalue weighted by Gasteiger charge is 2.04. The molecule has 0 unspecified atom stereocenters. The van der Waals surface area contributed by atoms with E-state index in [0.717, 1.165) is 28.1 Å². The number of ether oxygens (including phenoxy) is 1. The van der Waals surface area contributed by atoms with Crippen LogP contribution < -0.4 is 4.74 Å². The monoisotopic (exact) mass is 284 g/mol. The molecule has 20 heavy (non-hydrogen) atoms. The normalized spacial score (nSPS) is 10.8. The summed E-state index contributed by atoms with van der Waals surface area (Å²) < 4.78 is 8.55. The first-order valence-electron chi connectivity index (χ1n) is 6.61. The van der Waals surface area contributed by atoms with E-state index in [4.69, 9.17) is 17.0 Å². The SMILES string of the molecule is Cc1ccc2[nH]c(=S)n(CCOc3ccccc3)c2c1. The van der Waals surface area contributed by atoms with Gasteiger partial charge >= 0.3 is 0 Å². The molecule has 1 aromatic heterocycles. The Labute approximate surface area is 122 Å². The molecule has 0 aliphatic heterocycles. The Kier molecular flexibility index (Phi) is 3.56. The lowest BCUT2D eigenvalue weighted by Gasteiger charge is -2.07. The second kappa shape index (κ2) is 5.51. The standard InChI is InChI=1S/C16H16N2OS/c1-12-7-8-14-15(11-12)18(16(20)17-14)9-10-19-13-5-3-2-4-6-13/h2-8,11H,9-10H2,1H3,(H,17,20). The van der Waals surface area contributed by atoms with Crippen LogP contribution >= 0.6 is 12.2 Å². The Morgan fingerprint density at radius 2 is 1.95 bits per heavy atom. The predicted molar refractivity (Wildman–Crippen MR) is 83.8 cm³/mol. The summed E-state index contributed by atoms with van der Waals surface area (Å²) in [5.74, 6) is 0.884. The summed E-state index contributed by atoms with van der Waals surface area (Å²) in [6.45, 7) is 3.41. The van der Waals surface area contributed by atoms with Gasteiger partial charge in [0.25, 0.3) is 0 Å². The third kappa shape index (κ3) is 2.60. The third-order valence-corrected chi connectivity index (χ3v) is 3.58. The molecule has 0 saturated heterocycles. The highest BCUT2D eigenvalue weighted by molar-refractivity contribution is 7.71. The number of para-hydroxylation sites is 1. The molecule has 0 amide bonds. The van der Waals surface area contributed by atoms with E-state index in [1.165, 1.54) is 5.56 Å². The molecule has 0 saturated carbocycles. The number of aromatic nitrogens is 2. The van der Waals surface area contributed by atoms with Crippen LogP contribution in [-0.2, 0) is 6.54 Å². The molecule has 0 radical (unpaired) electrons. The molecular formula is C16H16N2OS. The van der Waals surface area contributed by atoms with Gasteiger partial charge in [0.15, 0.2) is 4.77 Å². The Morgan fingerprint density at radius 1 is 1.15 bits per heavy atom. The van der Waals surface area contributed by atoms with Crippen molar-refractivity contribution in [2.45, 2.75) is 13.5 Å². The van der Waals surface area contributed by atoms with Gasteiger partial charge in [-0.15, -0.1) is 0 Å². The Bertz CT molecular complexity index is 774. The topological polar surface area (TPSA) is 29.9 Å². The number of fused-ring (bicyclic) bond motifs is 1. The molecule has 0 atom stereocenters. The summed E-state index contributed by atoms with van der Waals surface area (Å²) in [7, 11) is 0. The average molecular weight is 284 g/mol. The number of aromatic amines is 1. The predicted octanol–water partition coefficient (Wildman–Crippen LogP) is 4.09. The van der Waals surface area contributed by atoms with Crippen molar-refractivity contribution in [1.29, 1.82) is 0 Å². The van der Waals surface area contributed by atoms with E-state index in [1.807, 2.05) is 30.3 Å². The fourth-order valence-electron chi connectivity index (χ4n) is 2.26. The number of hydrogen-bond acceptors (Lipinski definition) is 2. The molecule has 0 fully saturated rings. The minimum absolute atomic E-state index is 0.596. The average Bonchev–Trinajstić information content (AvgIpc) is 2.76. The summed E-state index contributed by atoms with van der Waals surface area (Å²) in [5.41, 5.74) is 3.43. The minimum atomic E-state index is 0.596. The summed E-state index contributed by atoms with van der Waals surface area (Å²) >= 11 is 5.38. The van der Waals surface area contributed by atoms with E-state index in [1.54, 1.807) is 0 Å². The molecule has 1 heterocycles. The van der Waals surface area contributed by atoms with Crippen molar-refractivity contribution in [2.75, 3.05) is 6.61 Å². The van der Waals surface area contributed by atoms with Gasteiger partial charge in [0, 0.05) is 0 Å². The maximum Gasteiger partial charge on any atom is 0.178 e. The van der Waals surface area contributed by atoms with Gasteiger partial charge in [-0.2, -0.15) is 0 Å². The zero-order valence-corrected chi connectivity index (χ0v) is 12.1. The number of benzene rings is 2. The van der Waals surface area contributed by atoms with Crippen LogP contribution in [0.2, 0.25) is 0 Å². The first-order valence-corrected chi connectivity index (χ1v) is 7.02. The molecule has 102 valence electrons. The van der Waals surface area contributed by atoms with Crippen LogP contribution in [0.15, 0.2) is 48.5 Å². The molecule has 0 aliphatic rings. The van der Waals surface area contributed by atoms with Crippen molar-refractivity contribution in [3.8, 4) is 5.75 Å². The second-order valence-corrected chi connectivity index (χ2v) is 5.15. The van der Waals surface area contributed by atoms with Crippen molar-refractivity contribution in [3.63, 3.8) is 0 Å². The van der Waals surface area contributed by atoms with E-state index in [0.29, 0.717) is 6.61 Å². The molecule has 0 bridgehead atoms.